The number of pyridine rings is 1. The van der Waals surface area contributed by atoms with Gasteiger partial charge in [-0.05, 0) is 39.7 Å². The van der Waals surface area contributed by atoms with Crippen LogP contribution in [-0.4, -0.2) is 16.7 Å². The highest BCUT2D eigenvalue weighted by molar-refractivity contribution is 5.40. The minimum absolute atomic E-state index is 0.262. The Morgan fingerprint density at radius 2 is 2.06 bits per heavy atom. The summed E-state index contributed by atoms with van der Waals surface area (Å²) in [5.41, 5.74) is -0.0304. The Morgan fingerprint density at radius 1 is 1.35 bits per heavy atom. The van der Waals surface area contributed by atoms with Crippen LogP contribution in [0.4, 0.5) is 0 Å². The van der Waals surface area contributed by atoms with Crippen LogP contribution in [0.5, 0.6) is 11.6 Å². The van der Waals surface area contributed by atoms with Gasteiger partial charge in [0.2, 0.25) is 5.88 Å². The van der Waals surface area contributed by atoms with Gasteiger partial charge in [0.1, 0.15) is 11.7 Å². The van der Waals surface area contributed by atoms with E-state index >= 15 is 0 Å². The second kappa shape index (κ2) is 4.25. The van der Waals surface area contributed by atoms with Crippen molar-refractivity contribution >= 4 is 0 Å². The number of ether oxygens (including phenoxy) is 2. The van der Waals surface area contributed by atoms with Crippen LogP contribution >= 0.6 is 0 Å². The van der Waals surface area contributed by atoms with E-state index in [1.807, 2.05) is 26.8 Å². The van der Waals surface area contributed by atoms with Crippen molar-refractivity contribution in [1.82, 2.24) is 4.98 Å². The Bertz CT molecular complexity index is 453. The van der Waals surface area contributed by atoms with Crippen molar-refractivity contribution in [3.05, 3.63) is 17.8 Å². The van der Waals surface area contributed by atoms with Crippen LogP contribution in [-0.2, 0) is 0 Å². The van der Waals surface area contributed by atoms with E-state index in [4.69, 9.17) is 14.7 Å². The lowest BCUT2D eigenvalue weighted by Gasteiger charge is -2.20. The molecular weight excluding hydrogens is 216 g/mol. The van der Waals surface area contributed by atoms with E-state index in [1.54, 1.807) is 12.1 Å². The van der Waals surface area contributed by atoms with Gasteiger partial charge < -0.3 is 9.47 Å². The molecule has 0 spiro atoms. The van der Waals surface area contributed by atoms with Crippen molar-refractivity contribution in [2.24, 2.45) is 0 Å². The van der Waals surface area contributed by atoms with Crippen LogP contribution in [0, 0.1) is 11.3 Å². The zero-order valence-electron chi connectivity index (χ0n) is 10.4. The van der Waals surface area contributed by atoms with Gasteiger partial charge in [-0.25, -0.2) is 0 Å². The zero-order chi connectivity index (χ0) is 12.5. The second-order valence-electron chi connectivity index (χ2n) is 5.14. The fourth-order valence-electron chi connectivity index (χ4n) is 1.34. The van der Waals surface area contributed by atoms with Gasteiger partial charge in [0.25, 0.3) is 0 Å². The molecule has 1 aliphatic carbocycles. The van der Waals surface area contributed by atoms with E-state index in [9.17, 15) is 0 Å². The third kappa shape index (κ3) is 3.35. The summed E-state index contributed by atoms with van der Waals surface area (Å²) in [4.78, 5) is 4.15. The molecule has 0 atom stereocenters. The molecule has 0 radical (unpaired) electrons. The van der Waals surface area contributed by atoms with Gasteiger partial charge in [0, 0.05) is 6.07 Å². The third-order valence-electron chi connectivity index (χ3n) is 2.17. The predicted octanol–water partition coefficient (Wildman–Crippen LogP) is 2.67. The Hall–Kier alpha value is -1.76. The minimum Gasteiger partial charge on any atom is -0.487 e. The lowest BCUT2D eigenvalue weighted by Crippen LogP contribution is -2.23. The minimum atomic E-state index is -0.321. The van der Waals surface area contributed by atoms with Gasteiger partial charge in [0.15, 0.2) is 11.4 Å². The summed E-state index contributed by atoms with van der Waals surface area (Å²) in [6.45, 7) is 5.82. The summed E-state index contributed by atoms with van der Waals surface area (Å²) in [6, 6.07) is 5.53. The molecule has 0 unspecified atom stereocenters. The van der Waals surface area contributed by atoms with Gasteiger partial charge in [-0.3, -0.25) is 0 Å². The van der Waals surface area contributed by atoms with Crippen molar-refractivity contribution in [2.45, 2.75) is 45.3 Å². The average molecular weight is 232 g/mol. The molecule has 1 heterocycles. The predicted molar refractivity (Wildman–Crippen MR) is 63.0 cm³/mol. The maximum atomic E-state index is 9.03. The quantitative estimate of drug-likeness (QED) is 0.804. The first-order valence-electron chi connectivity index (χ1n) is 5.75. The van der Waals surface area contributed by atoms with Crippen LogP contribution in [0.2, 0.25) is 0 Å². The van der Waals surface area contributed by atoms with E-state index < -0.39 is 0 Å². The van der Waals surface area contributed by atoms with Gasteiger partial charge in [-0.1, -0.05) is 0 Å². The molecule has 0 amide bonds. The summed E-state index contributed by atoms with van der Waals surface area (Å²) in [5, 5.41) is 9.03. The number of hydrogen-bond donors (Lipinski definition) is 0. The molecule has 1 saturated carbocycles. The molecular formula is C13H16N2O2. The SMILES string of the molecule is CC(C)(C)Oc1ccc(OC2CC2)c(C#N)n1. The fourth-order valence-corrected chi connectivity index (χ4v) is 1.34. The van der Waals surface area contributed by atoms with Crippen molar-refractivity contribution in [2.75, 3.05) is 0 Å². The van der Waals surface area contributed by atoms with Crippen LogP contribution < -0.4 is 9.47 Å². The number of rotatable bonds is 3. The van der Waals surface area contributed by atoms with E-state index in [-0.39, 0.29) is 11.7 Å². The molecule has 1 aromatic heterocycles. The van der Waals surface area contributed by atoms with Crippen molar-refractivity contribution in [1.29, 1.82) is 5.26 Å². The molecule has 2 rings (SSSR count). The molecule has 17 heavy (non-hydrogen) atoms. The highest BCUT2D eigenvalue weighted by atomic mass is 16.5. The molecule has 1 fully saturated rings. The summed E-state index contributed by atoms with van der Waals surface area (Å²) in [7, 11) is 0. The molecule has 0 N–H and O–H groups in total. The summed E-state index contributed by atoms with van der Waals surface area (Å²) in [6.07, 6.45) is 2.38. The lowest BCUT2D eigenvalue weighted by molar-refractivity contribution is 0.123. The molecule has 1 aromatic rings. The molecule has 0 aliphatic heterocycles. The van der Waals surface area contributed by atoms with Crippen LogP contribution in [0.3, 0.4) is 0 Å². The normalized spacial score (nSPS) is 15.2. The highest BCUT2D eigenvalue weighted by Gasteiger charge is 2.25. The Kier molecular flexibility index (Phi) is 2.93. The van der Waals surface area contributed by atoms with Crippen LogP contribution in [0.25, 0.3) is 0 Å². The number of nitriles is 1. The molecule has 4 nitrogen and oxygen atoms in total. The van der Waals surface area contributed by atoms with Gasteiger partial charge in [-0.15, -0.1) is 0 Å². The highest BCUT2D eigenvalue weighted by Crippen LogP contribution is 2.29. The fraction of sp³-hybridized carbons (Fsp3) is 0.538. The third-order valence-corrected chi connectivity index (χ3v) is 2.17. The van der Waals surface area contributed by atoms with E-state index in [0.717, 1.165) is 12.8 Å². The standard InChI is InChI=1S/C13H16N2O2/c1-13(2,3)17-12-7-6-11(10(8-14)15-12)16-9-4-5-9/h6-7,9H,4-5H2,1-3H3. The van der Waals surface area contributed by atoms with Gasteiger partial charge in [-0.2, -0.15) is 10.2 Å². The van der Waals surface area contributed by atoms with Crippen LogP contribution in [0.15, 0.2) is 12.1 Å². The summed E-state index contributed by atoms with van der Waals surface area (Å²) < 4.78 is 11.2. The first-order valence-corrected chi connectivity index (χ1v) is 5.75. The molecule has 0 aromatic carbocycles. The van der Waals surface area contributed by atoms with Crippen molar-refractivity contribution in [3.63, 3.8) is 0 Å². The molecule has 1 aliphatic rings. The maximum Gasteiger partial charge on any atom is 0.215 e. The number of nitrogens with zero attached hydrogens (tertiary/aromatic N) is 2. The first kappa shape index (κ1) is 11.7. The average Bonchev–Trinajstić information content (AvgIpc) is 3.02. The maximum absolute atomic E-state index is 9.03. The second-order valence-corrected chi connectivity index (χ2v) is 5.14. The monoisotopic (exact) mass is 232 g/mol. The van der Waals surface area contributed by atoms with Crippen molar-refractivity contribution < 1.29 is 9.47 Å². The largest absolute Gasteiger partial charge is 0.487 e. The van der Waals surface area contributed by atoms with Gasteiger partial charge >= 0.3 is 0 Å². The first-order chi connectivity index (χ1) is 7.98. The molecule has 0 bridgehead atoms. The van der Waals surface area contributed by atoms with E-state index in [1.165, 1.54) is 0 Å². The number of aromatic nitrogens is 1. The molecule has 0 saturated heterocycles. The van der Waals surface area contributed by atoms with E-state index in [2.05, 4.69) is 4.98 Å². The van der Waals surface area contributed by atoms with Gasteiger partial charge in [0.05, 0.1) is 6.10 Å². The zero-order valence-corrected chi connectivity index (χ0v) is 10.4. The topological polar surface area (TPSA) is 55.1 Å². The molecule has 90 valence electrons. The smallest absolute Gasteiger partial charge is 0.215 e. The van der Waals surface area contributed by atoms with Crippen molar-refractivity contribution in [3.8, 4) is 17.7 Å². The summed E-state index contributed by atoms with van der Waals surface area (Å²) in [5.74, 6) is 1.01. The molecule has 4 heteroatoms. The Morgan fingerprint density at radius 3 is 2.59 bits per heavy atom. The number of hydrogen-bond acceptors (Lipinski definition) is 4. The van der Waals surface area contributed by atoms with Crippen LogP contribution in [0.1, 0.15) is 39.3 Å². The lowest BCUT2D eigenvalue weighted by atomic mass is 10.2. The van der Waals surface area contributed by atoms with E-state index in [0.29, 0.717) is 17.3 Å². The Balaban J connectivity index is 2.18. The summed E-state index contributed by atoms with van der Waals surface area (Å²) >= 11 is 0. The Labute approximate surface area is 101 Å².